The zero-order chi connectivity index (χ0) is 22.9. The summed E-state index contributed by atoms with van der Waals surface area (Å²) in [4.78, 5) is 26.3. The second-order valence-corrected chi connectivity index (χ2v) is 11.6. The first-order valence-electron chi connectivity index (χ1n) is 10.7. The maximum absolute atomic E-state index is 13.0. The highest BCUT2D eigenvalue weighted by Crippen LogP contribution is 2.31. The lowest BCUT2D eigenvalue weighted by Gasteiger charge is -2.39. The highest BCUT2D eigenvalue weighted by Gasteiger charge is 2.36. The molecule has 1 aromatic carbocycles. The van der Waals surface area contributed by atoms with Gasteiger partial charge in [-0.2, -0.15) is 4.31 Å². The molecule has 2 N–H and O–H groups in total. The van der Waals surface area contributed by atoms with E-state index < -0.39 is 15.6 Å². The summed E-state index contributed by atoms with van der Waals surface area (Å²) in [7, 11) is -3.65. The molecule has 2 heterocycles. The number of anilines is 1. The zero-order valence-electron chi connectivity index (χ0n) is 18.0. The predicted molar refractivity (Wildman–Crippen MR) is 125 cm³/mol. The van der Waals surface area contributed by atoms with E-state index in [1.807, 2.05) is 13.0 Å². The highest BCUT2D eigenvalue weighted by atomic mass is 32.2. The van der Waals surface area contributed by atoms with Crippen molar-refractivity contribution in [3.8, 4) is 0 Å². The molecule has 0 bridgehead atoms. The number of piperidine rings is 1. The van der Waals surface area contributed by atoms with Gasteiger partial charge in [0.2, 0.25) is 15.9 Å². The molecule has 1 aromatic heterocycles. The van der Waals surface area contributed by atoms with Crippen molar-refractivity contribution < 1.29 is 18.0 Å². The second kappa shape index (κ2) is 8.80. The first kappa shape index (κ1) is 22.7. The number of thiophene rings is 1. The molecule has 2 aromatic rings. The highest BCUT2D eigenvalue weighted by molar-refractivity contribution is 7.89. The van der Waals surface area contributed by atoms with Crippen LogP contribution in [0.4, 0.5) is 5.69 Å². The number of hydrogen-bond acceptors (Lipinski definition) is 5. The Morgan fingerprint density at radius 3 is 2.47 bits per heavy atom. The molecule has 0 unspecified atom stereocenters. The van der Waals surface area contributed by atoms with Crippen LogP contribution in [0.5, 0.6) is 0 Å². The van der Waals surface area contributed by atoms with Gasteiger partial charge < -0.3 is 10.6 Å². The molecule has 2 amide bonds. The van der Waals surface area contributed by atoms with Crippen LogP contribution in [-0.2, 0) is 27.7 Å². The lowest BCUT2D eigenvalue weighted by Crippen LogP contribution is -2.53. The zero-order valence-corrected chi connectivity index (χ0v) is 19.7. The molecule has 1 saturated heterocycles. The van der Waals surface area contributed by atoms with Crippen LogP contribution < -0.4 is 10.6 Å². The van der Waals surface area contributed by atoms with E-state index in [1.165, 1.54) is 44.3 Å². The van der Waals surface area contributed by atoms with Gasteiger partial charge in [-0.05, 0) is 81.0 Å². The number of rotatable bonds is 6. The number of nitrogens with one attached hydrogen (secondary N) is 2. The largest absolute Gasteiger partial charge is 0.347 e. The van der Waals surface area contributed by atoms with E-state index in [1.54, 1.807) is 12.1 Å². The van der Waals surface area contributed by atoms with Crippen LogP contribution in [0.1, 0.15) is 46.3 Å². The molecule has 1 aliphatic carbocycles. The molecule has 0 saturated carbocycles. The van der Waals surface area contributed by atoms with E-state index in [0.717, 1.165) is 19.3 Å². The first-order valence-corrected chi connectivity index (χ1v) is 12.9. The molecular weight excluding hydrogens is 446 g/mol. The minimum Gasteiger partial charge on any atom is -0.347 e. The predicted octanol–water partition coefficient (Wildman–Crippen LogP) is 3.33. The van der Waals surface area contributed by atoms with E-state index in [4.69, 9.17) is 0 Å². The van der Waals surface area contributed by atoms with Crippen molar-refractivity contribution >= 4 is 38.9 Å². The normalized spacial score (nSPS) is 18.0. The molecule has 2 aliphatic rings. The van der Waals surface area contributed by atoms with Crippen LogP contribution in [0.25, 0.3) is 0 Å². The lowest BCUT2D eigenvalue weighted by molar-refractivity contribution is -0.118. The summed E-state index contributed by atoms with van der Waals surface area (Å²) in [6.07, 6.45) is 5.48. The molecular formula is C23H27N3O4S2. The third-order valence-electron chi connectivity index (χ3n) is 6.16. The quantitative estimate of drug-likeness (QED) is 0.629. The van der Waals surface area contributed by atoms with Gasteiger partial charge in [0.05, 0.1) is 9.77 Å². The van der Waals surface area contributed by atoms with Crippen molar-refractivity contribution in [1.29, 1.82) is 0 Å². The summed E-state index contributed by atoms with van der Waals surface area (Å²) < 4.78 is 27.5. The summed E-state index contributed by atoms with van der Waals surface area (Å²) in [6, 6.07) is 8.23. The average molecular weight is 474 g/mol. The fourth-order valence-electron chi connectivity index (χ4n) is 4.19. The summed E-state index contributed by atoms with van der Waals surface area (Å²) in [5.74, 6) is -0.425. The fraction of sp³-hybridized carbons (Fsp3) is 0.391. The fourth-order valence-corrected chi connectivity index (χ4v) is 6.78. The molecule has 0 radical (unpaired) electrons. The molecule has 1 aliphatic heterocycles. The monoisotopic (exact) mass is 473 g/mol. The number of fused-ring (bicyclic) bond motifs is 1. The average Bonchev–Trinajstić information content (AvgIpc) is 3.36. The van der Waals surface area contributed by atoms with Gasteiger partial charge in [0, 0.05) is 29.2 Å². The van der Waals surface area contributed by atoms with Crippen molar-refractivity contribution in [3.05, 3.63) is 58.3 Å². The Kier molecular flexibility index (Phi) is 6.24. The van der Waals surface area contributed by atoms with E-state index in [9.17, 15) is 18.0 Å². The number of carbonyl (C=O) groups excluding carboxylic acids is 2. The Morgan fingerprint density at radius 2 is 1.84 bits per heavy atom. The van der Waals surface area contributed by atoms with Gasteiger partial charge in [0.25, 0.3) is 5.91 Å². The Labute approximate surface area is 192 Å². The number of sulfonamides is 1. The third-order valence-corrected chi connectivity index (χ3v) is 9.31. The Hall–Kier alpha value is -2.49. The SMILES string of the molecule is C=CC(=O)NC1(C)CCN(S(=O)(=O)c2ccc(NC(=O)c3cc4c(s3)CCC4)cc2)CC1. The molecule has 0 spiro atoms. The van der Waals surface area contributed by atoms with Gasteiger partial charge in [0.15, 0.2) is 0 Å². The minimum atomic E-state index is -3.65. The minimum absolute atomic E-state index is 0.170. The molecule has 170 valence electrons. The number of nitrogens with zero attached hydrogens (tertiary/aromatic N) is 1. The molecule has 0 atom stereocenters. The topological polar surface area (TPSA) is 95.6 Å². The summed E-state index contributed by atoms with van der Waals surface area (Å²) >= 11 is 1.53. The van der Waals surface area contributed by atoms with E-state index in [0.29, 0.717) is 36.5 Å². The Balaban J connectivity index is 1.39. The van der Waals surface area contributed by atoms with Crippen LogP contribution in [-0.4, -0.2) is 43.2 Å². The number of hydrogen-bond donors (Lipinski definition) is 2. The van der Waals surface area contributed by atoms with Gasteiger partial charge in [0.1, 0.15) is 0 Å². The van der Waals surface area contributed by atoms with Crippen molar-refractivity contribution in [2.75, 3.05) is 18.4 Å². The summed E-state index contributed by atoms with van der Waals surface area (Å²) in [5.41, 5.74) is 1.37. The molecule has 7 nitrogen and oxygen atoms in total. The lowest BCUT2D eigenvalue weighted by atomic mass is 9.90. The van der Waals surface area contributed by atoms with Crippen LogP contribution in [0.3, 0.4) is 0 Å². The standard InChI is InChI=1S/C23H27N3O4S2/c1-3-21(27)25-23(2)11-13-26(14-12-23)32(29,30)18-9-7-17(8-10-18)24-22(28)20-15-16-5-4-6-19(16)31-20/h3,7-10,15H,1,4-6,11-14H2,2H3,(H,24,28)(H,25,27). The van der Waals surface area contributed by atoms with Gasteiger partial charge in [-0.15, -0.1) is 11.3 Å². The van der Waals surface area contributed by atoms with Crippen molar-refractivity contribution in [1.82, 2.24) is 9.62 Å². The molecule has 4 rings (SSSR count). The summed E-state index contributed by atoms with van der Waals surface area (Å²) in [6.45, 7) is 6.01. The van der Waals surface area contributed by atoms with E-state index >= 15 is 0 Å². The Morgan fingerprint density at radius 1 is 1.16 bits per heavy atom. The van der Waals surface area contributed by atoms with E-state index in [2.05, 4.69) is 17.2 Å². The van der Waals surface area contributed by atoms with Crippen LogP contribution >= 0.6 is 11.3 Å². The Bertz CT molecular complexity index is 1120. The molecule has 9 heteroatoms. The number of carbonyl (C=O) groups is 2. The van der Waals surface area contributed by atoms with Crippen molar-refractivity contribution in [2.45, 2.75) is 49.5 Å². The van der Waals surface area contributed by atoms with Gasteiger partial charge in [-0.25, -0.2) is 8.42 Å². The number of amides is 2. The van der Waals surface area contributed by atoms with Gasteiger partial charge in [-0.3, -0.25) is 9.59 Å². The summed E-state index contributed by atoms with van der Waals surface area (Å²) in [5, 5.41) is 5.74. The molecule has 1 fully saturated rings. The first-order chi connectivity index (χ1) is 15.2. The second-order valence-electron chi connectivity index (χ2n) is 8.55. The smallest absolute Gasteiger partial charge is 0.265 e. The van der Waals surface area contributed by atoms with Crippen LogP contribution in [0.15, 0.2) is 47.9 Å². The number of benzene rings is 1. The third kappa shape index (κ3) is 4.65. The number of aryl methyl sites for hydroxylation is 2. The van der Waals surface area contributed by atoms with Crippen LogP contribution in [0.2, 0.25) is 0 Å². The van der Waals surface area contributed by atoms with Gasteiger partial charge in [-0.1, -0.05) is 6.58 Å². The van der Waals surface area contributed by atoms with Crippen molar-refractivity contribution in [3.63, 3.8) is 0 Å². The van der Waals surface area contributed by atoms with E-state index in [-0.39, 0.29) is 16.7 Å². The van der Waals surface area contributed by atoms with Crippen molar-refractivity contribution in [2.24, 2.45) is 0 Å². The maximum atomic E-state index is 13.0. The van der Waals surface area contributed by atoms with Crippen LogP contribution in [0, 0.1) is 0 Å². The molecule has 32 heavy (non-hydrogen) atoms. The van der Waals surface area contributed by atoms with Gasteiger partial charge >= 0.3 is 0 Å². The maximum Gasteiger partial charge on any atom is 0.265 e.